The lowest BCUT2D eigenvalue weighted by Crippen LogP contribution is -2.14. The van der Waals surface area contributed by atoms with Crippen molar-refractivity contribution in [3.05, 3.63) is 54.1 Å². The summed E-state index contributed by atoms with van der Waals surface area (Å²) < 4.78 is 28.0. The Morgan fingerprint density at radius 1 is 0.605 bits per heavy atom. The zero-order valence-corrected chi connectivity index (χ0v) is 23.4. The highest BCUT2D eigenvalue weighted by molar-refractivity contribution is 5.88. The summed E-state index contributed by atoms with van der Waals surface area (Å²) in [4.78, 5) is 11.0. The van der Waals surface area contributed by atoms with Crippen molar-refractivity contribution in [2.24, 2.45) is 0 Å². The summed E-state index contributed by atoms with van der Waals surface area (Å²) in [6.45, 7) is 7.78. The molecule has 0 bridgehead atoms. The molecular weight excluding hydrogens is 482 g/mol. The second kappa shape index (κ2) is 21.3. The van der Waals surface area contributed by atoms with Gasteiger partial charge in [-0.1, -0.05) is 57.6 Å². The highest BCUT2D eigenvalue weighted by Crippen LogP contribution is 2.16. The fraction of sp³-hybridized carbons (Fsp3) is 0.581. The molecule has 2 aromatic rings. The van der Waals surface area contributed by atoms with Gasteiger partial charge in [-0.25, -0.2) is 0 Å². The summed E-state index contributed by atoms with van der Waals surface area (Å²) >= 11 is 0. The molecule has 0 heterocycles. The summed E-state index contributed by atoms with van der Waals surface area (Å²) in [6.07, 6.45) is 10.5. The van der Waals surface area contributed by atoms with Crippen molar-refractivity contribution in [3.63, 3.8) is 0 Å². The Morgan fingerprint density at radius 2 is 1.05 bits per heavy atom. The molecule has 0 unspecified atom stereocenters. The molecule has 0 atom stereocenters. The van der Waals surface area contributed by atoms with Crippen LogP contribution < -0.4 is 14.8 Å². The summed E-state index contributed by atoms with van der Waals surface area (Å²) in [7, 11) is 0. The third kappa shape index (κ3) is 16.3. The van der Waals surface area contributed by atoms with Crippen molar-refractivity contribution in [1.29, 1.82) is 0 Å². The predicted molar refractivity (Wildman–Crippen MR) is 152 cm³/mol. The van der Waals surface area contributed by atoms with Crippen LogP contribution in [0.5, 0.6) is 11.5 Å². The Bertz CT molecular complexity index is 840. The van der Waals surface area contributed by atoms with Crippen LogP contribution in [0.4, 0.5) is 5.69 Å². The van der Waals surface area contributed by atoms with Gasteiger partial charge in [-0.3, -0.25) is 4.79 Å². The Labute approximate surface area is 229 Å². The van der Waals surface area contributed by atoms with Crippen LogP contribution in [0.15, 0.2) is 48.5 Å². The first-order valence-electron chi connectivity index (χ1n) is 14.1. The number of aryl methyl sites for hydroxylation is 1. The number of hydrogen-bond donors (Lipinski definition) is 1. The lowest BCUT2D eigenvalue weighted by atomic mass is 10.0. The molecule has 2 aromatic carbocycles. The fourth-order valence-corrected chi connectivity index (χ4v) is 3.86. The molecule has 0 aromatic heterocycles. The molecule has 0 aliphatic heterocycles. The Hall–Kier alpha value is -2.61. The van der Waals surface area contributed by atoms with Gasteiger partial charge < -0.3 is 29.0 Å². The Kier molecular flexibility index (Phi) is 17.7. The SMILES string of the molecule is CCCCCCCCCc1ccc(OCCOCCOCCOCCOc2ccc(NC(C)=O)cc2)cc1. The molecule has 0 saturated heterocycles. The molecule has 1 amide bonds. The molecule has 0 fully saturated rings. The zero-order chi connectivity index (χ0) is 27.1. The molecule has 0 saturated carbocycles. The molecule has 0 spiro atoms. The third-order valence-corrected chi connectivity index (χ3v) is 5.90. The van der Waals surface area contributed by atoms with Crippen molar-refractivity contribution in [2.75, 3.05) is 58.2 Å². The normalized spacial score (nSPS) is 10.9. The van der Waals surface area contributed by atoms with Crippen LogP contribution in [-0.2, 0) is 25.4 Å². The number of carbonyl (C=O) groups is 1. The number of carbonyl (C=O) groups excluding carboxylic acids is 1. The maximum absolute atomic E-state index is 11.0. The largest absolute Gasteiger partial charge is 0.491 e. The van der Waals surface area contributed by atoms with Crippen LogP contribution in [-0.4, -0.2) is 58.8 Å². The predicted octanol–water partition coefficient (Wildman–Crippen LogP) is 6.45. The average molecular weight is 530 g/mol. The van der Waals surface area contributed by atoms with Crippen LogP contribution in [0.2, 0.25) is 0 Å². The topological polar surface area (TPSA) is 75.2 Å². The van der Waals surface area contributed by atoms with Gasteiger partial charge in [0, 0.05) is 12.6 Å². The first kappa shape index (κ1) is 31.6. The van der Waals surface area contributed by atoms with Crippen molar-refractivity contribution in [3.8, 4) is 11.5 Å². The van der Waals surface area contributed by atoms with E-state index >= 15 is 0 Å². The van der Waals surface area contributed by atoms with Crippen LogP contribution in [0.3, 0.4) is 0 Å². The second-order valence-electron chi connectivity index (χ2n) is 9.25. The van der Waals surface area contributed by atoms with Crippen molar-refractivity contribution in [1.82, 2.24) is 0 Å². The lowest BCUT2D eigenvalue weighted by Gasteiger charge is -2.09. The van der Waals surface area contributed by atoms with Crippen LogP contribution in [0, 0.1) is 0 Å². The molecule has 212 valence electrons. The van der Waals surface area contributed by atoms with Crippen molar-refractivity contribution in [2.45, 2.75) is 65.2 Å². The van der Waals surface area contributed by atoms with Gasteiger partial charge in [0.1, 0.15) is 24.7 Å². The molecular formula is C31H47NO6. The molecule has 7 heteroatoms. The fourth-order valence-electron chi connectivity index (χ4n) is 3.86. The Balaban J connectivity index is 1.35. The van der Waals surface area contributed by atoms with Crippen molar-refractivity contribution >= 4 is 11.6 Å². The van der Waals surface area contributed by atoms with Gasteiger partial charge in [-0.05, 0) is 54.8 Å². The van der Waals surface area contributed by atoms with E-state index in [-0.39, 0.29) is 5.91 Å². The van der Waals surface area contributed by atoms with E-state index in [0.29, 0.717) is 52.9 Å². The summed E-state index contributed by atoms with van der Waals surface area (Å²) in [5, 5.41) is 2.72. The summed E-state index contributed by atoms with van der Waals surface area (Å²) in [6, 6.07) is 15.7. The Morgan fingerprint density at radius 3 is 1.55 bits per heavy atom. The van der Waals surface area contributed by atoms with E-state index in [2.05, 4.69) is 36.5 Å². The molecule has 7 nitrogen and oxygen atoms in total. The smallest absolute Gasteiger partial charge is 0.221 e. The standard InChI is InChI=1S/C31H47NO6/c1-3-4-5-6-7-8-9-10-28-11-15-30(16-12-28)37-25-23-35-21-19-34-20-22-36-24-26-38-31-17-13-29(14-18-31)32-27(2)33/h11-18H,3-10,19-26H2,1-2H3,(H,32,33). The first-order valence-corrected chi connectivity index (χ1v) is 14.1. The molecule has 0 aliphatic carbocycles. The molecule has 0 aliphatic rings. The number of nitrogens with one attached hydrogen (secondary N) is 1. The number of ether oxygens (including phenoxy) is 5. The number of hydrogen-bond acceptors (Lipinski definition) is 6. The number of unbranched alkanes of at least 4 members (excludes halogenated alkanes) is 6. The van der Waals surface area contributed by atoms with Gasteiger partial charge in [0.25, 0.3) is 0 Å². The van der Waals surface area contributed by atoms with E-state index in [9.17, 15) is 4.79 Å². The number of amides is 1. The van der Waals surface area contributed by atoms with Crippen LogP contribution >= 0.6 is 0 Å². The van der Waals surface area contributed by atoms with E-state index in [1.807, 2.05) is 12.1 Å². The van der Waals surface area contributed by atoms with Crippen molar-refractivity contribution < 1.29 is 28.5 Å². The molecule has 1 N–H and O–H groups in total. The first-order chi connectivity index (χ1) is 18.7. The van der Waals surface area contributed by atoms with E-state index < -0.39 is 0 Å². The lowest BCUT2D eigenvalue weighted by molar-refractivity contribution is -0.114. The van der Waals surface area contributed by atoms with Gasteiger partial charge in [0.2, 0.25) is 5.91 Å². The number of anilines is 1. The highest BCUT2D eigenvalue weighted by Gasteiger charge is 1.99. The molecule has 0 radical (unpaired) electrons. The van der Waals surface area contributed by atoms with Crippen LogP contribution in [0.25, 0.3) is 0 Å². The minimum Gasteiger partial charge on any atom is -0.491 e. The molecule has 38 heavy (non-hydrogen) atoms. The summed E-state index contributed by atoms with van der Waals surface area (Å²) in [5.74, 6) is 1.52. The minimum absolute atomic E-state index is 0.0970. The van der Waals surface area contributed by atoms with Gasteiger partial charge in [0.15, 0.2) is 0 Å². The third-order valence-electron chi connectivity index (χ3n) is 5.90. The number of rotatable bonds is 23. The van der Waals surface area contributed by atoms with Gasteiger partial charge >= 0.3 is 0 Å². The quantitative estimate of drug-likeness (QED) is 0.167. The average Bonchev–Trinajstić information content (AvgIpc) is 2.92. The highest BCUT2D eigenvalue weighted by atomic mass is 16.6. The van der Waals surface area contributed by atoms with E-state index in [1.165, 1.54) is 57.4 Å². The van der Waals surface area contributed by atoms with E-state index in [4.69, 9.17) is 23.7 Å². The van der Waals surface area contributed by atoms with E-state index in [1.54, 1.807) is 12.1 Å². The summed E-state index contributed by atoms with van der Waals surface area (Å²) in [5.41, 5.74) is 2.12. The number of benzene rings is 2. The minimum atomic E-state index is -0.0970. The molecule has 2 rings (SSSR count). The zero-order valence-electron chi connectivity index (χ0n) is 23.4. The van der Waals surface area contributed by atoms with Crippen LogP contribution in [0.1, 0.15) is 64.4 Å². The monoisotopic (exact) mass is 529 g/mol. The van der Waals surface area contributed by atoms with Gasteiger partial charge in [-0.15, -0.1) is 0 Å². The second-order valence-corrected chi connectivity index (χ2v) is 9.25. The van der Waals surface area contributed by atoms with Gasteiger partial charge in [0.05, 0.1) is 39.6 Å². The van der Waals surface area contributed by atoms with Gasteiger partial charge in [-0.2, -0.15) is 0 Å². The van der Waals surface area contributed by atoms with E-state index in [0.717, 1.165) is 23.6 Å². The maximum Gasteiger partial charge on any atom is 0.221 e. The maximum atomic E-state index is 11.0.